The van der Waals surface area contributed by atoms with E-state index in [1.807, 2.05) is 55.3 Å². The van der Waals surface area contributed by atoms with Crippen molar-refractivity contribution in [3.8, 4) is 16.9 Å². The fraction of sp³-hybridized carbons (Fsp3) is 0.226. The Kier molecular flexibility index (Phi) is 6.82. The summed E-state index contributed by atoms with van der Waals surface area (Å²) in [4.78, 5) is 13.4. The number of hydrogen-bond acceptors (Lipinski definition) is 4. The van der Waals surface area contributed by atoms with Crippen LogP contribution in [0.3, 0.4) is 0 Å². The zero-order chi connectivity index (χ0) is 25.9. The van der Waals surface area contributed by atoms with Gasteiger partial charge in [-0.2, -0.15) is 5.10 Å². The van der Waals surface area contributed by atoms with Crippen LogP contribution in [0.5, 0.6) is 5.75 Å². The van der Waals surface area contributed by atoms with Gasteiger partial charge in [0.25, 0.3) is 0 Å². The second kappa shape index (κ2) is 10.3. The van der Waals surface area contributed by atoms with Gasteiger partial charge in [0, 0.05) is 36.6 Å². The number of hydrogen-bond donors (Lipinski definition) is 1. The molecule has 0 fully saturated rings. The molecular weight excluding hydrogens is 462 g/mol. The highest BCUT2D eigenvalue weighted by atomic mass is 16.5. The molecule has 0 amide bonds. The Balaban J connectivity index is 1.58. The molecule has 0 bridgehead atoms. The van der Waals surface area contributed by atoms with Crippen molar-refractivity contribution >= 4 is 17.7 Å². The molecule has 1 N–H and O–H groups in total. The average molecular weight is 494 g/mol. The topological polar surface area (TPSA) is 67.6 Å². The summed E-state index contributed by atoms with van der Waals surface area (Å²) in [6, 6.07) is 23.5. The molecule has 1 aliphatic heterocycles. The molecule has 37 heavy (non-hydrogen) atoms. The lowest BCUT2D eigenvalue weighted by Gasteiger charge is -2.44. The van der Waals surface area contributed by atoms with E-state index in [1.165, 1.54) is 22.8 Å². The van der Waals surface area contributed by atoms with Crippen LogP contribution >= 0.6 is 0 Å². The van der Waals surface area contributed by atoms with Crippen LogP contribution in [0.2, 0.25) is 0 Å². The monoisotopic (exact) mass is 493 g/mol. The Labute approximate surface area is 217 Å². The van der Waals surface area contributed by atoms with Crippen LogP contribution in [0, 0.1) is 0 Å². The predicted molar refractivity (Wildman–Crippen MR) is 147 cm³/mol. The van der Waals surface area contributed by atoms with Gasteiger partial charge in [0.2, 0.25) is 0 Å². The molecule has 0 saturated heterocycles. The maximum Gasteiger partial charge on any atom is 0.328 e. The van der Waals surface area contributed by atoms with Crippen molar-refractivity contribution in [3.05, 3.63) is 107 Å². The maximum absolute atomic E-state index is 10.9. The van der Waals surface area contributed by atoms with Crippen LogP contribution in [0.15, 0.2) is 85.2 Å². The molecule has 188 valence electrons. The molecule has 3 aromatic carbocycles. The first-order valence-corrected chi connectivity index (χ1v) is 12.6. The van der Waals surface area contributed by atoms with Crippen LogP contribution in [0.25, 0.3) is 17.2 Å². The third kappa shape index (κ3) is 5.14. The summed E-state index contributed by atoms with van der Waals surface area (Å²) in [6.45, 7) is 4.90. The SMILES string of the molecule is CCOc1ccc(N2[C@H](c3ccc(/C=C/C(=O)O)cc3)c3ccc(-c4cnn(C)c4)cc3C[C@H]2C)cc1. The first kappa shape index (κ1) is 24.4. The van der Waals surface area contributed by atoms with Gasteiger partial charge < -0.3 is 14.7 Å². The van der Waals surface area contributed by atoms with Crippen LogP contribution in [0.1, 0.15) is 42.1 Å². The highest BCUT2D eigenvalue weighted by molar-refractivity contribution is 5.85. The van der Waals surface area contributed by atoms with E-state index in [1.54, 1.807) is 6.08 Å². The number of benzene rings is 3. The molecule has 2 atom stereocenters. The number of carboxylic acids is 1. The van der Waals surface area contributed by atoms with E-state index in [-0.39, 0.29) is 12.1 Å². The molecule has 1 aliphatic rings. The molecular formula is C31H31N3O3. The Hall–Kier alpha value is -4.32. The summed E-state index contributed by atoms with van der Waals surface area (Å²) in [7, 11) is 1.93. The lowest BCUT2D eigenvalue weighted by Crippen LogP contribution is -2.42. The number of rotatable bonds is 7. The molecule has 0 saturated carbocycles. The lowest BCUT2D eigenvalue weighted by atomic mass is 9.83. The summed E-state index contributed by atoms with van der Waals surface area (Å²) in [5, 5.41) is 13.3. The van der Waals surface area contributed by atoms with Crippen molar-refractivity contribution in [2.24, 2.45) is 7.05 Å². The Morgan fingerprint density at radius 2 is 1.84 bits per heavy atom. The smallest absolute Gasteiger partial charge is 0.328 e. The zero-order valence-corrected chi connectivity index (χ0v) is 21.3. The fourth-order valence-electron chi connectivity index (χ4n) is 5.20. The second-order valence-electron chi connectivity index (χ2n) is 9.44. The molecule has 5 rings (SSSR count). The number of aromatic nitrogens is 2. The number of aliphatic carboxylic acids is 1. The number of carboxylic acid groups (broad SMARTS) is 1. The number of nitrogens with zero attached hydrogens (tertiary/aromatic N) is 3. The molecule has 1 aromatic heterocycles. The summed E-state index contributed by atoms with van der Waals surface area (Å²) in [5.74, 6) is -0.0891. The number of ether oxygens (including phenoxy) is 1. The third-order valence-electron chi connectivity index (χ3n) is 6.86. The average Bonchev–Trinajstić information content (AvgIpc) is 3.34. The van der Waals surface area contributed by atoms with E-state index in [0.717, 1.165) is 34.5 Å². The van der Waals surface area contributed by atoms with Crippen molar-refractivity contribution in [2.75, 3.05) is 11.5 Å². The maximum atomic E-state index is 10.9. The summed E-state index contributed by atoms with van der Waals surface area (Å²) in [5.41, 5.74) is 8.03. The van der Waals surface area contributed by atoms with E-state index < -0.39 is 5.97 Å². The van der Waals surface area contributed by atoms with Gasteiger partial charge in [-0.3, -0.25) is 4.68 Å². The van der Waals surface area contributed by atoms with Gasteiger partial charge in [0.1, 0.15) is 5.75 Å². The van der Waals surface area contributed by atoms with Gasteiger partial charge in [0.05, 0.1) is 18.8 Å². The third-order valence-corrected chi connectivity index (χ3v) is 6.86. The van der Waals surface area contributed by atoms with Crippen molar-refractivity contribution < 1.29 is 14.6 Å². The molecule has 2 heterocycles. The zero-order valence-electron chi connectivity index (χ0n) is 21.3. The molecule has 0 radical (unpaired) electrons. The Morgan fingerprint density at radius 1 is 1.08 bits per heavy atom. The summed E-state index contributed by atoms with van der Waals surface area (Å²) < 4.78 is 7.51. The summed E-state index contributed by atoms with van der Waals surface area (Å²) in [6.07, 6.45) is 7.65. The first-order valence-electron chi connectivity index (χ1n) is 12.6. The molecule has 0 unspecified atom stereocenters. The van der Waals surface area contributed by atoms with Crippen LogP contribution in [0.4, 0.5) is 5.69 Å². The fourth-order valence-corrected chi connectivity index (χ4v) is 5.20. The van der Waals surface area contributed by atoms with Crippen molar-refractivity contribution in [1.82, 2.24) is 9.78 Å². The van der Waals surface area contributed by atoms with E-state index in [2.05, 4.69) is 59.4 Å². The molecule has 6 heteroatoms. The van der Waals surface area contributed by atoms with Gasteiger partial charge >= 0.3 is 5.97 Å². The molecule has 0 aliphatic carbocycles. The first-order chi connectivity index (χ1) is 17.9. The van der Waals surface area contributed by atoms with Crippen molar-refractivity contribution in [1.29, 1.82) is 0 Å². The Bertz CT molecular complexity index is 1420. The number of fused-ring (bicyclic) bond motifs is 1. The molecule has 6 nitrogen and oxygen atoms in total. The standard InChI is InChI=1S/C31H31N3O3/c1-4-37-28-13-11-27(12-14-28)34-21(2)17-25-18-24(26-19-32-33(3)20-26)10-15-29(25)31(34)23-8-5-22(6-9-23)7-16-30(35)36/h5-16,18-21,31H,4,17H2,1-3H3,(H,35,36)/b16-7+/t21-,31-/m1/s1. The quantitative estimate of drug-likeness (QED) is 0.314. The highest BCUT2D eigenvalue weighted by Gasteiger charge is 2.33. The Morgan fingerprint density at radius 3 is 2.49 bits per heavy atom. The van der Waals surface area contributed by atoms with Gasteiger partial charge in [-0.1, -0.05) is 42.5 Å². The number of carbonyl (C=O) groups is 1. The van der Waals surface area contributed by atoms with E-state index in [4.69, 9.17) is 9.84 Å². The predicted octanol–water partition coefficient (Wildman–Crippen LogP) is 6.12. The molecule has 0 spiro atoms. The van der Waals surface area contributed by atoms with Crippen molar-refractivity contribution in [3.63, 3.8) is 0 Å². The normalized spacial score (nSPS) is 17.1. The van der Waals surface area contributed by atoms with Gasteiger partial charge in [0.15, 0.2) is 0 Å². The number of aryl methyl sites for hydroxylation is 1. The molecule has 4 aromatic rings. The van der Waals surface area contributed by atoms with E-state index in [0.29, 0.717) is 6.61 Å². The van der Waals surface area contributed by atoms with Crippen LogP contribution in [-0.4, -0.2) is 33.5 Å². The number of anilines is 1. The minimum Gasteiger partial charge on any atom is -0.494 e. The van der Waals surface area contributed by atoms with Gasteiger partial charge in [-0.05, 0) is 78.4 Å². The largest absolute Gasteiger partial charge is 0.494 e. The van der Waals surface area contributed by atoms with E-state index in [9.17, 15) is 4.79 Å². The van der Waals surface area contributed by atoms with Gasteiger partial charge in [-0.25, -0.2) is 4.79 Å². The van der Waals surface area contributed by atoms with Crippen LogP contribution < -0.4 is 9.64 Å². The van der Waals surface area contributed by atoms with Crippen molar-refractivity contribution in [2.45, 2.75) is 32.4 Å². The van der Waals surface area contributed by atoms with E-state index >= 15 is 0 Å². The highest BCUT2D eigenvalue weighted by Crippen LogP contribution is 2.42. The minimum absolute atomic E-state index is 0.0112. The van der Waals surface area contributed by atoms with Gasteiger partial charge in [-0.15, -0.1) is 0 Å². The minimum atomic E-state index is -0.954. The lowest BCUT2D eigenvalue weighted by molar-refractivity contribution is -0.131. The van der Waals surface area contributed by atoms with Crippen LogP contribution in [-0.2, 0) is 18.3 Å². The second-order valence-corrected chi connectivity index (χ2v) is 9.44. The summed E-state index contributed by atoms with van der Waals surface area (Å²) >= 11 is 0.